The molecule has 0 atom stereocenters. The zero-order valence-corrected chi connectivity index (χ0v) is 18.2. The Morgan fingerprint density at radius 2 is 1.72 bits per heavy atom. The van der Waals surface area contributed by atoms with Gasteiger partial charge in [0.25, 0.3) is 11.6 Å². The summed E-state index contributed by atoms with van der Waals surface area (Å²) < 4.78 is 41.0. The third-order valence-corrected chi connectivity index (χ3v) is 7.99. The van der Waals surface area contributed by atoms with Crippen LogP contribution in [0.2, 0.25) is 0 Å². The minimum absolute atomic E-state index is 0.000897. The van der Waals surface area contributed by atoms with E-state index in [-0.39, 0.29) is 37.0 Å². The second-order valence-corrected chi connectivity index (χ2v) is 9.87. The Hall–Kier alpha value is -3.22. The molecule has 1 fully saturated rings. The van der Waals surface area contributed by atoms with Crippen molar-refractivity contribution in [2.75, 3.05) is 26.2 Å². The van der Waals surface area contributed by atoms with Crippen LogP contribution in [0.15, 0.2) is 59.6 Å². The number of sulfonamides is 1. The molecule has 1 amide bonds. The number of piperazine rings is 1. The largest absolute Gasteiger partial charge is 0.335 e. The fourth-order valence-electron chi connectivity index (χ4n) is 3.38. The number of nitro groups is 1. The fraction of sp³-hybridized carbons (Fsp3) is 0.200. The summed E-state index contributed by atoms with van der Waals surface area (Å²) in [6.07, 6.45) is 1.38. The summed E-state index contributed by atoms with van der Waals surface area (Å²) in [5.41, 5.74) is -0.187. The van der Waals surface area contributed by atoms with Crippen molar-refractivity contribution in [3.8, 4) is 10.6 Å². The molecule has 0 saturated carbocycles. The van der Waals surface area contributed by atoms with Crippen LogP contribution in [0.3, 0.4) is 0 Å². The first-order valence-electron chi connectivity index (χ1n) is 9.52. The Labute approximate surface area is 186 Å². The molecule has 2 heterocycles. The lowest BCUT2D eigenvalue weighted by molar-refractivity contribution is -0.387. The Balaban J connectivity index is 1.47. The van der Waals surface area contributed by atoms with Crippen molar-refractivity contribution in [1.82, 2.24) is 14.2 Å². The van der Waals surface area contributed by atoms with Gasteiger partial charge in [-0.3, -0.25) is 14.9 Å². The van der Waals surface area contributed by atoms with E-state index in [1.54, 1.807) is 18.2 Å². The topological polar surface area (TPSA) is 114 Å². The lowest BCUT2D eigenvalue weighted by Gasteiger charge is -2.33. The van der Waals surface area contributed by atoms with E-state index in [1.807, 2.05) is 0 Å². The van der Waals surface area contributed by atoms with Crippen LogP contribution >= 0.6 is 11.3 Å². The first kappa shape index (κ1) is 22.0. The van der Waals surface area contributed by atoms with Gasteiger partial charge >= 0.3 is 0 Å². The second-order valence-electron chi connectivity index (χ2n) is 6.93. The highest BCUT2D eigenvalue weighted by molar-refractivity contribution is 7.89. The van der Waals surface area contributed by atoms with Crippen molar-refractivity contribution < 1.29 is 22.5 Å². The van der Waals surface area contributed by atoms with Crippen LogP contribution in [-0.4, -0.2) is 59.6 Å². The Bertz CT molecular complexity index is 1290. The van der Waals surface area contributed by atoms with E-state index >= 15 is 0 Å². The van der Waals surface area contributed by atoms with E-state index in [4.69, 9.17) is 0 Å². The van der Waals surface area contributed by atoms with Crippen LogP contribution in [0, 0.1) is 15.9 Å². The molecule has 9 nitrogen and oxygen atoms in total. The third kappa shape index (κ3) is 4.11. The van der Waals surface area contributed by atoms with Crippen molar-refractivity contribution in [3.63, 3.8) is 0 Å². The van der Waals surface area contributed by atoms with E-state index in [9.17, 15) is 27.7 Å². The maximum atomic E-state index is 14.0. The van der Waals surface area contributed by atoms with Gasteiger partial charge in [-0.15, -0.1) is 11.3 Å². The van der Waals surface area contributed by atoms with Gasteiger partial charge in [-0.2, -0.15) is 4.31 Å². The molecule has 3 aromatic rings. The number of hydrogen-bond donors (Lipinski definition) is 0. The molecule has 4 rings (SSSR count). The van der Waals surface area contributed by atoms with Crippen molar-refractivity contribution in [2.24, 2.45) is 0 Å². The van der Waals surface area contributed by atoms with Gasteiger partial charge in [-0.05, 0) is 18.2 Å². The summed E-state index contributed by atoms with van der Waals surface area (Å²) in [7, 11) is -4.09. The van der Waals surface area contributed by atoms with Gasteiger partial charge < -0.3 is 4.90 Å². The summed E-state index contributed by atoms with van der Waals surface area (Å²) in [4.78, 5) is 28.9. The molecular weight excluding hydrogens is 459 g/mol. The Morgan fingerprint density at radius 3 is 2.41 bits per heavy atom. The summed E-state index contributed by atoms with van der Waals surface area (Å²) in [6, 6.07) is 11.3. The molecule has 32 heavy (non-hydrogen) atoms. The van der Waals surface area contributed by atoms with E-state index in [1.165, 1.54) is 35.4 Å². The van der Waals surface area contributed by atoms with Gasteiger partial charge in [0.05, 0.1) is 11.1 Å². The molecule has 0 unspecified atom stereocenters. The van der Waals surface area contributed by atoms with Crippen LogP contribution in [-0.2, 0) is 10.0 Å². The Kier molecular flexibility index (Phi) is 6.00. The van der Waals surface area contributed by atoms with Crippen LogP contribution < -0.4 is 0 Å². The van der Waals surface area contributed by atoms with Crippen molar-refractivity contribution in [3.05, 3.63) is 75.5 Å². The Morgan fingerprint density at radius 1 is 1.06 bits per heavy atom. The monoisotopic (exact) mass is 476 g/mol. The maximum absolute atomic E-state index is 14.0. The molecule has 1 aliphatic heterocycles. The van der Waals surface area contributed by atoms with Gasteiger partial charge in [0.15, 0.2) is 4.90 Å². The van der Waals surface area contributed by atoms with Gasteiger partial charge in [-0.25, -0.2) is 17.8 Å². The molecule has 0 spiro atoms. The average Bonchev–Trinajstić information content (AvgIpc) is 3.29. The van der Waals surface area contributed by atoms with E-state index in [0.717, 1.165) is 21.7 Å². The number of benzene rings is 2. The number of carbonyl (C=O) groups excluding carboxylic acids is 1. The van der Waals surface area contributed by atoms with Crippen LogP contribution in [0.1, 0.15) is 9.67 Å². The highest BCUT2D eigenvalue weighted by atomic mass is 32.2. The lowest BCUT2D eigenvalue weighted by Crippen LogP contribution is -2.50. The normalized spacial score (nSPS) is 15.0. The number of aromatic nitrogens is 1. The van der Waals surface area contributed by atoms with Gasteiger partial charge in [0.2, 0.25) is 10.0 Å². The number of rotatable bonds is 5. The third-order valence-electron chi connectivity index (χ3n) is 5.03. The number of hydrogen-bond acceptors (Lipinski definition) is 7. The van der Waals surface area contributed by atoms with E-state index < -0.39 is 26.5 Å². The number of para-hydroxylation sites is 1. The lowest BCUT2D eigenvalue weighted by atomic mass is 10.2. The maximum Gasteiger partial charge on any atom is 0.289 e. The smallest absolute Gasteiger partial charge is 0.289 e. The highest BCUT2D eigenvalue weighted by Crippen LogP contribution is 2.29. The van der Waals surface area contributed by atoms with Crippen LogP contribution in [0.25, 0.3) is 10.6 Å². The van der Waals surface area contributed by atoms with Gasteiger partial charge in [0, 0.05) is 37.8 Å². The molecule has 166 valence electrons. The molecule has 1 aromatic heterocycles. The summed E-state index contributed by atoms with van der Waals surface area (Å²) >= 11 is 1.06. The average molecular weight is 477 g/mol. The quantitative estimate of drug-likeness (QED) is 0.413. The number of carbonyl (C=O) groups is 1. The molecule has 0 bridgehead atoms. The molecule has 0 aliphatic carbocycles. The van der Waals surface area contributed by atoms with Crippen molar-refractivity contribution >= 4 is 33.0 Å². The molecule has 1 aliphatic rings. The second kappa shape index (κ2) is 8.73. The number of halogens is 1. The minimum Gasteiger partial charge on any atom is -0.335 e. The van der Waals surface area contributed by atoms with Crippen LogP contribution in [0.5, 0.6) is 0 Å². The summed E-state index contributed by atoms with van der Waals surface area (Å²) in [6.45, 7) is 0.232. The van der Waals surface area contributed by atoms with E-state index in [0.29, 0.717) is 15.4 Å². The van der Waals surface area contributed by atoms with E-state index in [2.05, 4.69) is 4.98 Å². The molecule has 2 aromatic carbocycles. The number of amides is 1. The predicted octanol–water partition coefficient (Wildman–Crippen LogP) is 3.00. The highest BCUT2D eigenvalue weighted by Gasteiger charge is 2.34. The fourth-order valence-corrected chi connectivity index (χ4v) is 5.88. The number of thiazole rings is 1. The predicted molar refractivity (Wildman–Crippen MR) is 115 cm³/mol. The molecule has 1 saturated heterocycles. The van der Waals surface area contributed by atoms with Crippen LogP contribution in [0.4, 0.5) is 10.1 Å². The summed E-state index contributed by atoms with van der Waals surface area (Å²) in [5.74, 6) is -0.762. The van der Waals surface area contributed by atoms with Crippen molar-refractivity contribution in [2.45, 2.75) is 4.90 Å². The first-order valence-corrected chi connectivity index (χ1v) is 11.8. The summed E-state index contributed by atoms with van der Waals surface area (Å²) in [5, 5.41) is 11.6. The minimum atomic E-state index is -4.09. The zero-order chi connectivity index (χ0) is 22.9. The molecular formula is C20H17FN4O5S2. The standard InChI is InChI=1S/C20H17FN4O5S2/c21-15-6-2-1-5-14(15)19-22-13-17(31-19)20(26)23-9-11-24(12-10-23)32(29,30)18-8-4-3-7-16(18)25(27)28/h1-8,13H,9-12H2. The molecule has 12 heteroatoms. The first-order chi connectivity index (χ1) is 15.3. The SMILES string of the molecule is O=C(c1cnc(-c2ccccc2F)s1)N1CCN(S(=O)(=O)c2ccccc2[N+](=O)[O-])CC1. The zero-order valence-electron chi connectivity index (χ0n) is 16.5. The molecule has 0 N–H and O–H groups in total. The van der Waals surface area contributed by atoms with Crippen molar-refractivity contribution in [1.29, 1.82) is 0 Å². The van der Waals surface area contributed by atoms with Gasteiger partial charge in [-0.1, -0.05) is 24.3 Å². The number of nitrogens with zero attached hydrogens (tertiary/aromatic N) is 4. The van der Waals surface area contributed by atoms with Gasteiger partial charge in [0.1, 0.15) is 15.7 Å². The molecule has 0 radical (unpaired) electrons. The number of nitro benzene ring substituents is 1.